The molecule has 1 saturated heterocycles. The zero-order valence-corrected chi connectivity index (χ0v) is 12.6. The summed E-state index contributed by atoms with van der Waals surface area (Å²) in [5, 5.41) is 3.56. The van der Waals surface area contributed by atoms with Crippen LogP contribution in [0.4, 0.5) is 0 Å². The van der Waals surface area contributed by atoms with Gasteiger partial charge in [-0.05, 0) is 32.9 Å². The van der Waals surface area contributed by atoms with Crippen molar-refractivity contribution >= 4 is 0 Å². The zero-order valence-electron chi connectivity index (χ0n) is 12.6. The lowest BCUT2D eigenvalue weighted by Gasteiger charge is -2.43. The van der Waals surface area contributed by atoms with E-state index in [9.17, 15) is 0 Å². The van der Waals surface area contributed by atoms with Crippen molar-refractivity contribution in [1.29, 1.82) is 0 Å². The Morgan fingerprint density at radius 3 is 2.53 bits per heavy atom. The van der Waals surface area contributed by atoms with Gasteiger partial charge in [0.15, 0.2) is 0 Å². The van der Waals surface area contributed by atoms with Gasteiger partial charge < -0.3 is 10.2 Å². The molecule has 1 rings (SSSR count). The molecule has 0 aromatic carbocycles. The highest BCUT2D eigenvalue weighted by Crippen LogP contribution is 2.23. The molecule has 0 radical (unpaired) electrons. The van der Waals surface area contributed by atoms with Crippen LogP contribution in [0.1, 0.15) is 34.6 Å². The molecule has 0 aromatic heterocycles. The molecule has 0 aromatic rings. The van der Waals surface area contributed by atoms with Crippen molar-refractivity contribution in [3.05, 3.63) is 0 Å². The second-order valence-corrected chi connectivity index (χ2v) is 6.33. The summed E-state index contributed by atoms with van der Waals surface area (Å²) in [6.45, 7) is 17.4. The van der Waals surface area contributed by atoms with Crippen LogP contribution in [0.3, 0.4) is 0 Å². The van der Waals surface area contributed by atoms with Gasteiger partial charge in [0.25, 0.3) is 0 Å². The molecule has 1 heterocycles. The van der Waals surface area contributed by atoms with Crippen LogP contribution in [0, 0.1) is 5.41 Å². The Labute approximate surface area is 108 Å². The van der Waals surface area contributed by atoms with E-state index in [1.807, 2.05) is 0 Å². The largest absolute Gasteiger partial charge is 0.314 e. The van der Waals surface area contributed by atoms with E-state index >= 15 is 0 Å². The minimum absolute atomic E-state index is 0.339. The summed E-state index contributed by atoms with van der Waals surface area (Å²) in [5.41, 5.74) is 0.339. The van der Waals surface area contributed by atoms with Gasteiger partial charge in [0.1, 0.15) is 0 Å². The van der Waals surface area contributed by atoms with Gasteiger partial charge in [-0.15, -0.1) is 0 Å². The first-order chi connectivity index (χ1) is 7.86. The lowest BCUT2D eigenvalue weighted by molar-refractivity contribution is 0.0642. The molecular weight excluding hydrogens is 210 g/mol. The van der Waals surface area contributed by atoms with Crippen LogP contribution < -0.4 is 5.32 Å². The van der Waals surface area contributed by atoms with Gasteiger partial charge in [-0.25, -0.2) is 0 Å². The fourth-order valence-corrected chi connectivity index (χ4v) is 2.56. The molecule has 102 valence electrons. The summed E-state index contributed by atoms with van der Waals surface area (Å²) in [7, 11) is 2.23. The number of piperazine rings is 1. The summed E-state index contributed by atoms with van der Waals surface area (Å²) >= 11 is 0. The third-order valence-corrected chi connectivity index (χ3v) is 4.36. The molecule has 0 saturated carbocycles. The lowest BCUT2D eigenvalue weighted by Crippen LogP contribution is -2.54. The second kappa shape index (κ2) is 6.17. The van der Waals surface area contributed by atoms with E-state index in [4.69, 9.17) is 0 Å². The third kappa shape index (κ3) is 4.23. The average molecular weight is 241 g/mol. The lowest BCUT2D eigenvalue weighted by atomic mass is 9.84. The predicted molar refractivity (Wildman–Crippen MR) is 75.5 cm³/mol. The van der Waals surface area contributed by atoms with Crippen molar-refractivity contribution in [3.63, 3.8) is 0 Å². The van der Waals surface area contributed by atoms with E-state index in [0.29, 0.717) is 17.5 Å². The fourth-order valence-electron chi connectivity index (χ4n) is 2.56. The summed E-state index contributed by atoms with van der Waals surface area (Å²) in [6, 6.07) is 1.26. The van der Waals surface area contributed by atoms with Gasteiger partial charge >= 0.3 is 0 Å². The Bertz CT molecular complexity index is 228. The van der Waals surface area contributed by atoms with Gasteiger partial charge in [0.05, 0.1) is 0 Å². The first-order valence-electron chi connectivity index (χ1n) is 7.02. The highest BCUT2D eigenvalue weighted by Gasteiger charge is 2.30. The highest BCUT2D eigenvalue weighted by molar-refractivity contribution is 4.86. The second-order valence-electron chi connectivity index (χ2n) is 6.33. The Balaban J connectivity index is 2.47. The average Bonchev–Trinajstić information content (AvgIpc) is 2.23. The molecular formula is C14H31N3. The molecule has 1 fully saturated rings. The molecule has 0 aliphatic carbocycles. The SMILES string of the molecule is CCNC(C)C(C)(C)CN1CCN(C)C(C)C1. The van der Waals surface area contributed by atoms with E-state index in [1.54, 1.807) is 0 Å². The minimum atomic E-state index is 0.339. The van der Waals surface area contributed by atoms with E-state index in [2.05, 4.69) is 56.8 Å². The molecule has 17 heavy (non-hydrogen) atoms. The van der Waals surface area contributed by atoms with Gasteiger partial charge in [0, 0.05) is 38.3 Å². The monoisotopic (exact) mass is 241 g/mol. The number of rotatable bonds is 5. The van der Waals surface area contributed by atoms with E-state index in [1.165, 1.54) is 26.2 Å². The summed E-state index contributed by atoms with van der Waals surface area (Å²) in [4.78, 5) is 5.08. The van der Waals surface area contributed by atoms with E-state index < -0.39 is 0 Å². The van der Waals surface area contributed by atoms with Crippen molar-refractivity contribution in [1.82, 2.24) is 15.1 Å². The van der Waals surface area contributed by atoms with Crippen molar-refractivity contribution in [3.8, 4) is 0 Å². The maximum atomic E-state index is 3.56. The first kappa shape index (κ1) is 14.9. The standard InChI is InChI=1S/C14H31N3/c1-7-15-13(3)14(4,5)11-17-9-8-16(6)12(2)10-17/h12-13,15H,7-11H2,1-6H3. The normalized spacial score (nSPS) is 26.1. The smallest absolute Gasteiger partial charge is 0.0192 e. The molecule has 1 N–H and O–H groups in total. The minimum Gasteiger partial charge on any atom is -0.314 e. The van der Waals surface area contributed by atoms with Gasteiger partial charge in [0.2, 0.25) is 0 Å². The molecule has 3 nitrogen and oxygen atoms in total. The molecule has 1 aliphatic heterocycles. The molecule has 0 bridgehead atoms. The van der Waals surface area contributed by atoms with Crippen LogP contribution in [0.25, 0.3) is 0 Å². The molecule has 2 atom stereocenters. The number of hydrogen-bond donors (Lipinski definition) is 1. The van der Waals surface area contributed by atoms with Gasteiger partial charge in [-0.2, -0.15) is 0 Å². The van der Waals surface area contributed by atoms with E-state index in [-0.39, 0.29) is 0 Å². The molecule has 0 spiro atoms. The highest BCUT2D eigenvalue weighted by atomic mass is 15.3. The summed E-state index contributed by atoms with van der Waals surface area (Å²) < 4.78 is 0. The van der Waals surface area contributed by atoms with Crippen LogP contribution in [-0.4, -0.2) is 61.7 Å². The molecule has 3 heteroatoms. The van der Waals surface area contributed by atoms with E-state index in [0.717, 1.165) is 6.54 Å². The topological polar surface area (TPSA) is 18.5 Å². The third-order valence-electron chi connectivity index (χ3n) is 4.36. The van der Waals surface area contributed by atoms with Crippen molar-refractivity contribution in [2.75, 3.05) is 39.8 Å². The first-order valence-corrected chi connectivity index (χ1v) is 7.02. The number of likely N-dealkylation sites (N-methyl/N-ethyl adjacent to an activating group) is 1. The maximum Gasteiger partial charge on any atom is 0.0192 e. The number of nitrogens with one attached hydrogen (secondary N) is 1. The quantitative estimate of drug-likeness (QED) is 0.789. The Kier molecular flexibility index (Phi) is 5.42. The Morgan fingerprint density at radius 1 is 1.35 bits per heavy atom. The molecule has 0 amide bonds. The fraction of sp³-hybridized carbons (Fsp3) is 1.00. The molecule has 1 aliphatic rings. The number of nitrogens with zero attached hydrogens (tertiary/aromatic N) is 2. The summed E-state index contributed by atoms with van der Waals surface area (Å²) in [6.07, 6.45) is 0. The van der Waals surface area contributed by atoms with Gasteiger partial charge in [-0.3, -0.25) is 4.90 Å². The summed E-state index contributed by atoms with van der Waals surface area (Å²) in [5.74, 6) is 0. The van der Waals surface area contributed by atoms with Crippen LogP contribution in [0.5, 0.6) is 0 Å². The van der Waals surface area contributed by atoms with Crippen LogP contribution in [-0.2, 0) is 0 Å². The van der Waals surface area contributed by atoms with Crippen molar-refractivity contribution < 1.29 is 0 Å². The Hall–Kier alpha value is -0.120. The predicted octanol–water partition coefficient (Wildman–Crippen LogP) is 1.65. The van der Waals surface area contributed by atoms with Crippen molar-refractivity contribution in [2.45, 2.75) is 46.7 Å². The van der Waals surface area contributed by atoms with Gasteiger partial charge in [-0.1, -0.05) is 20.8 Å². The van der Waals surface area contributed by atoms with Crippen LogP contribution in [0.2, 0.25) is 0 Å². The maximum absolute atomic E-state index is 3.56. The molecule has 2 unspecified atom stereocenters. The van der Waals surface area contributed by atoms with Crippen LogP contribution >= 0.6 is 0 Å². The number of hydrogen-bond acceptors (Lipinski definition) is 3. The van der Waals surface area contributed by atoms with Crippen molar-refractivity contribution in [2.24, 2.45) is 5.41 Å². The van der Waals surface area contributed by atoms with Crippen LogP contribution in [0.15, 0.2) is 0 Å². The zero-order chi connectivity index (χ0) is 13.1. The Morgan fingerprint density at radius 2 is 2.00 bits per heavy atom.